The van der Waals surface area contributed by atoms with Gasteiger partial charge in [-0.1, -0.05) is 121 Å². The minimum atomic E-state index is -0.947. The van der Waals surface area contributed by atoms with E-state index in [0.717, 1.165) is 11.1 Å². The Balaban J connectivity index is 1.38. The average Bonchev–Trinajstić information content (AvgIpc) is 2.97. The van der Waals surface area contributed by atoms with Crippen LogP contribution in [0, 0.1) is 17.3 Å². The number of rotatable bonds is 9. The molecule has 1 unspecified atom stereocenters. The summed E-state index contributed by atoms with van der Waals surface area (Å²) < 4.78 is 0. The van der Waals surface area contributed by atoms with Crippen molar-refractivity contribution in [1.29, 1.82) is 0 Å². The first-order valence-corrected chi connectivity index (χ1v) is 13.3. The monoisotopic (exact) mass is 516 g/mol. The lowest BCUT2D eigenvalue weighted by Gasteiger charge is -2.28. The van der Waals surface area contributed by atoms with E-state index in [1.807, 2.05) is 66.7 Å². The Kier molecular flexibility index (Phi) is 9.33. The Morgan fingerprint density at radius 3 is 2.21 bits per heavy atom. The lowest BCUT2D eigenvalue weighted by atomic mass is 9.90. The van der Waals surface area contributed by atoms with Gasteiger partial charge in [0.25, 0.3) is 0 Å². The van der Waals surface area contributed by atoms with E-state index in [2.05, 4.69) is 71.9 Å². The third kappa shape index (κ3) is 7.23. The molecule has 4 nitrogen and oxygen atoms in total. The second kappa shape index (κ2) is 13.1. The highest BCUT2D eigenvalue weighted by molar-refractivity contribution is 5.86. The summed E-state index contributed by atoms with van der Waals surface area (Å²) in [6, 6.07) is 33.3. The van der Waals surface area contributed by atoms with Crippen molar-refractivity contribution in [3.05, 3.63) is 132 Å². The number of allylic oxidation sites excluding steroid dienone is 1. The zero-order chi connectivity index (χ0) is 27.7. The van der Waals surface area contributed by atoms with Gasteiger partial charge in [-0.15, -0.1) is 0 Å². The number of carbonyl (C=O) groups is 1. The standard InChI is InChI=1S/C35H36N2O2/c1-26(30-23-15-21-27-16-11-12-22-31(27)30)36-25-14-6-13-24-35(2,3)34(39)37-32(28-17-7-4-8-18-28)33(38)29-19-9-5-10-20-29/h4-12,14-23,26,32-33,36,38H,25H2,1-3H3,(H,37,39)/t26-,32?,33-/m1/s1. The van der Waals surface area contributed by atoms with Gasteiger partial charge >= 0.3 is 0 Å². The van der Waals surface area contributed by atoms with Gasteiger partial charge in [0.05, 0.1) is 6.04 Å². The van der Waals surface area contributed by atoms with Crippen LogP contribution < -0.4 is 10.6 Å². The molecule has 4 aromatic carbocycles. The average molecular weight is 517 g/mol. The molecule has 0 heterocycles. The van der Waals surface area contributed by atoms with Crippen molar-refractivity contribution in [1.82, 2.24) is 10.6 Å². The van der Waals surface area contributed by atoms with E-state index in [1.165, 1.54) is 16.3 Å². The smallest absolute Gasteiger partial charge is 0.238 e. The lowest BCUT2D eigenvalue weighted by Crippen LogP contribution is -2.40. The van der Waals surface area contributed by atoms with Crippen LogP contribution in [0.1, 0.15) is 55.6 Å². The molecule has 4 heteroatoms. The summed E-state index contributed by atoms with van der Waals surface area (Å²) in [5.74, 6) is 5.87. The topological polar surface area (TPSA) is 61.4 Å². The second-order valence-corrected chi connectivity index (χ2v) is 10.2. The molecule has 0 aliphatic rings. The lowest BCUT2D eigenvalue weighted by molar-refractivity contribution is -0.128. The maximum Gasteiger partial charge on any atom is 0.238 e. The number of hydrogen-bond donors (Lipinski definition) is 3. The fourth-order valence-electron chi connectivity index (χ4n) is 4.55. The molecule has 1 amide bonds. The van der Waals surface area contributed by atoms with Gasteiger partial charge in [-0.2, -0.15) is 0 Å². The summed E-state index contributed by atoms with van der Waals surface area (Å²) in [6.07, 6.45) is 2.86. The van der Waals surface area contributed by atoms with E-state index in [4.69, 9.17) is 0 Å². The van der Waals surface area contributed by atoms with Crippen LogP contribution in [0.25, 0.3) is 10.8 Å². The number of aliphatic hydroxyl groups is 1. The first kappa shape index (κ1) is 27.9. The van der Waals surface area contributed by atoms with Crippen LogP contribution in [0.15, 0.2) is 115 Å². The molecule has 198 valence electrons. The number of nitrogens with one attached hydrogen (secondary N) is 2. The van der Waals surface area contributed by atoms with Crippen LogP contribution >= 0.6 is 0 Å². The van der Waals surface area contributed by atoms with Crippen molar-refractivity contribution in [3.63, 3.8) is 0 Å². The number of amides is 1. The summed E-state index contributed by atoms with van der Waals surface area (Å²) in [7, 11) is 0. The van der Waals surface area contributed by atoms with Crippen molar-refractivity contribution >= 4 is 16.7 Å². The van der Waals surface area contributed by atoms with Gasteiger partial charge in [0.2, 0.25) is 5.91 Å². The van der Waals surface area contributed by atoms with Crippen LogP contribution in [0.5, 0.6) is 0 Å². The van der Waals surface area contributed by atoms with Crippen LogP contribution in [0.2, 0.25) is 0 Å². The zero-order valence-electron chi connectivity index (χ0n) is 22.8. The molecule has 0 bridgehead atoms. The van der Waals surface area contributed by atoms with Gasteiger partial charge in [-0.3, -0.25) is 4.79 Å². The quantitative estimate of drug-likeness (QED) is 0.218. The Labute approximate surface area is 231 Å². The minimum absolute atomic E-state index is 0.182. The van der Waals surface area contributed by atoms with E-state index >= 15 is 0 Å². The van der Waals surface area contributed by atoms with Gasteiger partial charge in [0, 0.05) is 12.6 Å². The molecule has 3 N–H and O–H groups in total. The molecule has 3 atom stereocenters. The summed E-state index contributed by atoms with van der Waals surface area (Å²) in [6.45, 7) is 6.40. The summed E-state index contributed by atoms with van der Waals surface area (Å²) in [5, 5.41) is 20.2. The number of fused-ring (bicyclic) bond motifs is 1. The number of aliphatic hydroxyl groups excluding tert-OH is 1. The second-order valence-electron chi connectivity index (χ2n) is 10.2. The van der Waals surface area contributed by atoms with Crippen LogP contribution in [0.4, 0.5) is 0 Å². The summed E-state index contributed by atoms with van der Waals surface area (Å²) in [5.41, 5.74) is 1.88. The van der Waals surface area contributed by atoms with Crippen LogP contribution in [-0.4, -0.2) is 17.6 Å². The fraction of sp³-hybridized carbons (Fsp3) is 0.229. The van der Waals surface area contributed by atoms with Crippen LogP contribution in [-0.2, 0) is 4.79 Å². The highest BCUT2D eigenvalue weighted by Gasteiger charge is 2.31. The molecule has 0 radical (unpaired) electrons. The molecule has 0 aliphatic carbocycles. The predicted octanol–water partition coefficient (Wildman–Crippen LogP) is 6.67. The molecule has 0 saturated carbocycles. The van der Waals surface area contributed by atoms with Crippen LogP contribution in [0.3, 0.4) is 0 Å². The molecule has 0 spiro atoms. The number of hydrogen-bond acceptors (Lipinski definition) is 3. The van der Waals surface area contributed by atoms with Gasteiger partial charge in [-0.05, 0) is 54.3 Å². The Morgan fingerprint density at radius 2 is 1.49 bits per heavy atom. The third-order valence-electron chi connectivity index (χ3n) is 6.89. The normalized spacial score (nSPS) is 13.8. The molecule has 0 fully saturated rings. The number of benzene rings is 4. The molecule has 0 aliphatic heterocycles. The SMILES string of the molecule is C[C@@H](NCC=CC#CC(C)(C)C(=O)NC(c1ccccc1)[C@H](O)c1ccccc1)c1cccc2ccccc12. The van der Waals surface area contributed by atoms with E-state index in [-0.39, 0.29) is 11.9 Å². The molecular weight excluding hydrogens is 480 g/mol. The fourth-order valence-corrected chi connectivity index (χ4v) is 4.55. The molecule has 4 rings (SSSR count). The van der Waals surface area contributed by atoms with Gasteiger partial charge in [0.1, 0.15) is 11.5 Å². The van der Waals surface area contributed by atoms with Crippen molar-refractivity contribution < 1.29 is 9.90 Å². The van der Waals surface area contributed by atoms with Crippen molar-refractivity contribution in [3.8, 4) is 11.8 Å². The third-order valence-corrected chi connectivity index (χ3v) is 6.89. The first-order valence-electron chi connectivity index (χ1n) is 13.3. The molecule has 0 saturated heterocycles. The van der Waals surface area contributed by atoms with Gasteiger partial charge in [0.15, 0.2) is 0 Å². The van der Waals surface area contributed by atoms with E-state index in [0.29, 0.717) is 6.54 Å². The molecule has 0 aromatic heterocycles. The van der Waals surface area contributed by atoms with E-state index in [9.17, 15) is 9.90 Å². The predicted molar refractivity (Wildman–Crippen MR) is 160 cm³/mol. The number of carbonyl (C=O) groups excluding carboxylic acids is 1. The maximum atomic E-state index is 13.3. The zero-order valence-corrected chi connectivity index (χ0v) is 22.8. The minimum Gasteiger partial charge on any atom is -0.386 e. The summed E-state index contributed by atoms with van der Waals surface area (Å²) >= 11 is 0. The highest BCUT2D eigenvalue weighted by Crippen LogP contribution is 2.30. The van der Waals surface area contributed by atoms with Crippen molar-refractivity contribution in [2.24, 2.45) is 5.41 Å². The molecule has 4 aromatic rings. The maximum absolute atomic E-state index is 13.3. The van der Waals surface area contributed by atoms with Gasteiger partial charge in [-0.25, -0.2) is 0 Å². The Hall–Kier alpha value is -4.17. The largest absolute Gasteiger partial charge is 0.386 e. The summed E-state index contributed by atoms with van der Waals surface area (Å²) in [4.78, 5) is 13.3. The molecular formula is C35H36N2O2. The Bertz CT molecular complexity index is 1460. The van der Waals surface area contributed by atoms with E-state index < -0.39 is 17.6 Å². The van der Waals surface area contributed by atoms with E-state index in [1.54, 1.807) is 19.9 Å². The Morgan fingerprint density at radius 1 is 0.872 bits per heavy atom. The molecule has 39 heavy (non-hydrogen) atoms. The van der Waals surface area contributed by atoms with Crippen molar-refractivity contribution in [2.75, 3.05) is 6.54 Å². The van der Waals surface area contributed by atoms with Crippen molar-refractivity contribution in [2.45, 2.75) is 39.0 Å². The highest BCUT2D eigenvalue weighted by atomic mass is 16.3. The van der Waals surface area contributed by atoms with Gasteiger partial charge < -0.3 is 15.7 Å². The first-order chi connectivity index (χ1) is 18.9.